The van der Waals surface area contributed by atoms with E-state index in [-0.39, 0.29) is 17.8 Å². The van der Waals surface area contributed by atoms with Gasteiger partial charge in [0.2, 0.25) is 0 Å². The van der Waals surface area contributed by atoms with Crippen LogP contribution in [0.2, 0.25) is 0 Å². The molecule has 0 saturated carbocycles. The van der Waals surface area contributed by atoms with Crippen LogP contribution in [0.5, 0.6) is 0 Å². The molecule has 1 N–H and O–H groups in total. The van der Waals surface area contributed by atoms with E-state index in [0.717, 1.165) is 16.8 Å². The third-order valence-corrected chi connectivity index (χ3v) is 5.32. The van der Waals surface area contributed by atoms with E-state index in [4.69, 9.17) is 0 Å². The largest absolute Gasteiger partial charge is 0.332 e. The quantitative estimate of drug-likeness (QED) is 0.248. The molecule has 0 unspecified atom stereocenters. The lowest BCUT2D eigenvalue weighted by molar-refractivity contribution is -0.385. The van der Waals surface area contributed by atoms with Crippen LogP contribution in [0.3, 0.4) is 0 Å². The predicted molar refractivity (Wildman–Crippen MR) is 123 cm³/mol. The summed E-state index contributed by atoms with van der Waals surface area (Å²) in [6.07, 6.45) is 3.48. The summed E-state index contributed by atoms with van der Waals surface area (Å²) in [5.74, 6) is 0. The standard InChI is InChI=1S/C23H22N6O4/c1-27-21-20(22(30)28(23(27)31)15-16-5-3-2-4-6-16)11-17(13-26-21)12-24-10-9-18-7-8-19(14-25-18)29(32)33/h2-8,11,13-14,24H,9-10,12,15H2,1H3. The van der Waals surface area contributed by atoms with Crippen molar-refractivity contribution in [2.45, 2.75) is 19.5 Å². The second-order valence-corrected chi connectivity index (χ2v) is 7.62. The van der Waals surface area contributed by atoms with Gasteiger partial charge in [-0.3, -0.25) is 29.0 Å². The zero-order valence-electron chi connectivity index (χ0n) is 18.0. The van der Waals surface area contributed by atoms with E-state index < -0.39 is 10.6 Å². The second kappa shape index (κ2) is 9.53. The molecule has 0 radical (unpaired) electrons. The van der Waals surface area contributed by atoms with E-state index in [0.29, 0.717) is 30.5 Å². The lowest BCUT2D eigenvalue weighted by Crippen LogP contribution is -2.39. The Kier molecular flexibility index (Phi) is 6.36. The van der Waals surface area contributed by atoms with Gasteiger partial charge in [-0.25, -0.2) is 9.78 Å². The molecular weight excluding hydrogens is 424 g/mol. The molecule has 0 spiro atoms. The first kappa shape index (κ1) is 22.0. The topological polar surface area (TPSA) is 125 Å². The molecule has 0 saturated heterocycles. The fourth-order valence-corrected chi connectivity index (χ4v) is 3.55. The first-order valence-corrected chi connectivity index (χ1v) is 10.4. The average molecular weight is 446 g/mol. The van der Waals surface area contributed by atoms with Crippen LogP contribution in [0.15, 0.2) is 70.5 Å². The fraction of sp³-hybridized carbons (Fsp3) is 0.217. The number of aromatic nitrogens is 4. The number of hydrogen-bond acceptors (Lipinski definition) is 7. The maximum absolute atomic E-state index is 13.1. The molecule has 3 heterocycles. The minimum Gasteiger partial charge on any atom is -0.312 e. The molecule has 33 heavy (non-hydrogen) atoms. The van der Waals surface area contributed by atoms with Crippen LogP contribution >= 0.6 is 0 Å². The summed E-state index contributed by atoms with van der Waals surface area (Å²) >= 11 is 0. The van der Waals surface area contributed by atoms with Crippen molar-refractivity contribution >= 4 is 16.7 Å². The zero-order valence-corrected chi connectivity index (χ0v) is 18.0. The summed E-state index contributed by atoms with van der Waals surface area (Å²) in [7, 11) is 1.60. The van der Waals surface area contributed by atoms with Crippen LogP contribution in [-0.4, -0.2) is 30.6 Å². The second-order valence-electron chi connectivity index (χ2n) is 7.62. The van der Waals surface area contributed by atoms with Crippen molar-refractivity contribution in [2.75, 3.05) is 6.54 Å². The Balaban J connectivity index is 1.49. The van der Waals surface area contributed by atoms with Gasteiger partial charge in [0.15, 0.2) is 0 Å². The van der Waals surface area contributed by atoms with E-state index in [1.807, 2.05) is 30.3 Å². The summed E-state index contributed by atoms with van der Waals surface area (Å²) in [4.78, 5) is 44.5. The molecule has 0 bridgehead atoms. The Morgan fingerprint density at radius 1 is 1.03 bits per heavy atom. The molecule has 0 atom stereocenters. The third-order valence-electron chi connectivity index (χ3n) is 5.32. The Labute approximate surface area is 188 Å². The number of nitrogens with zero attached hydrogens (tertiary/aromatic N) is 5. The van der Waals surface area contributed by atoms with Gasteiger partial charge in [-0.2, -0.15) is 0 Å². The summed E-state index contributed by atoms with van der Waals surface area (Å²) in [6, 6.07) is 14.2. The smallest absolute Gasteiger partial charge is 0.312 e. The molecule has 4 rings (SSSR count). The van der Waals surface area contributed by atoms with Crippen molar-refractivity contribution < 1.29 is 4.92 Å². The summed E-state index contributed by atoms with van der Waals surface area (Å²) in [5.41, 5.74) is 1.92. The predicted octanol–water partition coefficient (Wildman–Crippen LogP) is 1.78. The third kappa shape index (κ3) is 4.85. The van der Waals surface area contributed by atoms with Crippen LogP contribution < -0.4 is 16.6 Å². The van der Waals surface area contributed by atoms with Crippen molar-refractivity contribution in [1.82, 2.24) is 24.4 Å². The Bertz CT molecular complexity index is 1410. The average Bonchev–Trinajstić information content (AvgIpc) is 2.84. The molecule has 0 aliphatic carbocycles. The van der Waals surface area contributed by atoms with E-state index in [1.165, 1.54) is 21.4 Å². The van der Waals surface area contributed by atoms with Crippen molar-refractivity contribution in [3.8, 4) is 0 Å². The highest BCUT2D eigenvalue weighted by Gasteiger charge is 2.13. The van der Waals surface area contributed by atoms with Gasteiger partial charge < -0.3 is 5.32 Å². The number of nitro groups is 1. The van der Waals surface area contributed by atoms with Gasteiger partial charge in [0.1, 0.15) is 11.8 Å². The van der Waals surface area contributed by atoms with E-state index in [1.54, 1.807) is 25.4 Å². The molecule has 0 fully saturated rings. The van der Waals surface area contributed by atoms with Crippen LogP contribution in [0.1, 0.15) is 16.8 Å². The Morgan fingerprint density at radius 2 is 1.82 bits per heavy atom. The molecule has 1 aromatic carbocycles. The highest BCUT2D eigenvalue weighted by molar-refractivity contribution is 5.74. The maximum Gasteiger partial charge on any atom is 0.332 e. The normalized spacial score (nSPS) is 11.1. The minimum atomic E-state index is -0.481. The number of rotatable bonds is 8. The van der Waals surface area contributed by atoms with Crippen LogP contribution in [0.25, 0.3) is 11.0 Å². The number of hydrogen-bond donors (Lipinski definition) is 1. The minimum absolute atomic E-state index is 0.0405. The summed E-state index contributed by atoms with van der Waals surface area (Å²) < 4.78 is 2.61. The fourth-order valence-electron chi connectivity index (χ4n) is 3.55. The Morgan fingerprint density at radius 3 is 2.52 bits per heavy atom. The number of aryl methyl sites for hydroxylation is 1. The van der Waals surface area contributed by atoms with E-state index in [9.17, 15) is 19.7 Å². The molecule has 168 valence electrons. The maximum atomic E-state index is 13.1. The van der Waals surface area contributed by atoms with E-state index >= 15 is 0 Å². The lowest BCUT2D eigenvalue weighted by atomic mass is 10.2. The highest BCUT2D eigenvalue weighted by atomic mass is 16.6. The van der Waals surface area contributed by atoms with Gasteiger partial charge in [0, 0.05) is 44.5 Å². The molecule has 0 amide bonds. The van der Waals surface area contributed by atoms with Crippen LogP contribution in [0, 0.1) is 10.1 Å². The zero-order chi connectivity index (χ0) is 23.4. The summed E-state index contributed by atoms with van der Waals surface area (Å²) in [5, 5.41) is 14.3. The van der Waals surface area contributed by atoms with Crippen LogP contribution in [0.4, 0.5) is 5.69 Å². The SMILES string of the molecule is Cn1c(=O)n(Cc2ccccc2)c(=O)c2cc(CNCCc3ccc([N+](=O)[O-])cn3)cnc21. The molecule has 3 aromatic heterocycles. The highest BCUT2D eigenvalue weighted by Crippen LogP contribution is 2.10. The van der Waals surface area contributed by atoms with Crippen molar-refractivity contribution in [2.24, 2.45) is 7.05 Å². The number of pyridine rings is 2. The first-order chi connectivity index (χ1) is 15.9. The number of fused-ring (bicyclic) bond motifs is 1. The lowest BCUT2D eigenvalue weighted by Gasteiger charge is -2.11. The first-order valence-electron chi connectivity index (χ1n) is 10.4. The van der Waals surface area contributed by atoms with Crippen molar-refractivity contribution in [3.63, 3.8) is 0 Å². The van der Waals surface area contributed by atoms with Crippen molar-refractivity contribution in [3.05, 3.63) is 109 Å². The number of nitrogens with one attached hydrogen (secondary N) is 1. The van der Waals surface area contributed by atoms with Gasteiger partial charge in [-0.1, -0.05) is 30.3 Å². The van der Waals surface area contributed by atoms with Gasteiger partial charge in [-0.05, 0) is 23.3 Å². The Hall–Kier alpha value is -4.18. The molecule has 10 heteroatoms. The molecule has 10 nitrogen and oxygen atoms in total. The molecule has 0 aliphatic rings. The molecule has 4 aromatic rings. The molecule has 0 aliphatic heterocycles. The number of benzene rings is 1. The monoisotopic (exact) mass is 446 g/mol. The van der Waals surface area contributed by atoms with E-state index in [2.05, 4.69) is 15.3 Å². The van der Waals surface area contributed by atoms with Gasteiger partial charge in [0.25, 0.3) is 11.2 Å². The van der Waals surface area contributed by atoms with Crippen LogP contribution in [-0.2, 0) is 26.6 Å². The van der Waals surface area contributed by atoms with Gasteiger partial charge in [0.05, 0.1) is 16.9 Å². The molecular formula is C23H22N6O4. The van der Waals surface area contributed by atoms with Gasteiger partial charge >= 0.3 is 5.69 Å². The van der Waals surface area contributed by atoms with Gasteiger partial charge in [-0.15, -0.1) is 0 Å². The van der Waals surface area contributed by atoms with Crippen molar-refractivity contribution in [1.29, 1.82) is 0 Å². The summed E-state index contributed by atoms with van der Waals surface area (Å²) in [6.45, 7) is 1.25.